The molecule has 2 fully saturated rings. The molecule has 5 nitrogen and oxygen atoms in total. The van der Waals surface area contributed by atoms with Crippen LogP contribution < -0.4 is 10.2 Å². The summed E-state index contributed by atoms with van der Waals surface area (Å²) in [6.07, 6.45) is 7.82. The summed E-state index contributed by atoms with van der Waals surface area (Å²) < 4.78 is 0. The Bertz CT molecular complexity index is 875. The highest BCUT2D eigenvalue weighted by Crippen LogP contribution is 2.54. The first-order chi connectivity index (χ1) is 13.2. The molecule has 5 heteroatoms. The summed E-state index contributed by atoms with van der Waals surface area (Å²) in [6, 6.07) is 13.8. The predicted octanol–water partition coefficient (Wildman–Crippen LogP) is 2.86. The highest BCUT2D eigenvalue weighted by atomic mass is 16.1. The second-order valence-corrected chi connectivity index (χ2v) is 7.26. The third kappa shape index (κ3) is 4.01. The largest absolute Gasteiger partial charge is 0.371 e. The van der Waals surface area contributed by atoms with Crippen molar-refractivity contribution in [3.8, 4) is 6.07 Å². The molecule has 0 bridgehead atoms. The van der Waals surface area contributed by atoms with Crippen LogP contribution in [0.1, 0.15) is 17.5 Å². The van der Waals surface area contributed by atoms with E-state index in [9.17, 15) is 4.79 Å². The first-order valence-electron chi connectivity index (χ1n) is 9.35. The lowest BCUT2D eigenvalue weighted by Crippen LogP contribution is -2.26. The molecule has 1 aromatic carbocycles. The fraction of sp³-hybridized carbons (Fsp3) is 0.318. The molecule has 2 aliphatic rings. The lowest BCUT2D eigenvalue weighted by molar-refractivity contribution is -0.116. The molecule has 27 heavy (non-hydrogen) atoms. The zero-order chi connectivity index (χ0) is 18.6. The summed E-state index contributed by atoms with van der Waals surface area (Å²) in [5.41, 5.74) is 2.78. The zero-order valence-corrected chi connectivity index (χ0v) is 15.1. The molecule has 0 spiro atoms. The van der Waals surface area contributed by atoms with E-state index in [0.717, 1.165) is 49.1 Å². The number of carbonyl (C=O) groups is 1. The van der Waals surface area contributed by atoms with E-state index in [0.29, 0.717) is 11.5 Å². The van der Waals surface area contributed by atoms with Crippen LogP contribution in [0.2, 0.25) is 0 Å². The number of amides is 1. The Hall–Kier alpha value is -3.13. The van der Waals surface area contributed by atoms with Crippen LogP contribution in [0, 0.1) is 29.1 Å². The third-order valence-corrected chi connectivity index (χ3v) is 5.60. The van der Waals surface area contributed by atoms with Crippen molar-refractivity contribution in [3.05, 3.63) is 66.0 Å². The lowest BCUT2D eigenvalue weighted by atomic mass is 10.1. The molecule has 3 atom stereocenters. The van der Waals surface area contributed by atoms with Gasteiger partial charge in [-0.2, -0.15) is 5.26 Å². The van der Waals surface area contributed by atoms with Crippen molar-refractivity contribution < 1.29 is 4.79 Å². The fourth-order valence-corrected chi connectivity index (χ4v) is 4.13. The topological polar surface area (TPSA) is 69.0 Å². The van der Waals surface area contributed by atoms with Gasteiger partial charge in [-0.05, 0) is 60.1 Å². The second-order valence-electron chi connectivity index (χ2n) is 7.26. The molecule has 4 rings (SSSR count). The number of pyridine rings is 1. The number of hydrogen-bond donors (Lipinski definition) is 1. The van der Waals surface area contributed by atoms with Gasteiger partial charge < -0.3 is 10.2 Å². The highest BCUT2D eigenvalue weighted by Gasteiger charge is 2.54. The van der Waals surface area contributed by atoms with Crippen molar-refractivity contribution in [2.75, 3.05) is 24.5 Å². The molecule has 1 saturated heterocycles. The van der Waals surface area contributed by atoms with E-state index in [1.54, 1.807) is 24.5 Å². The van der Waals surface area contributed by atoms with Gasteiger partial charge >= 0.3 is 0 Å². The van der Waals surface area contributed by atoms with Gasteiger partial charge in [-0.3, -0.25) is 9.78 Å². The standard InChI is InChI=1S/C22H22N4O/c23-12-17-3-1-5-18(11-17)26-14-20-19(21(20)15-26)8-10-25-22(27)7-6-16-4-2-9-24-13-16/h1-7,9,11,13,19-21H,8,10,14-15H2,(H,25,27)/b7-6+/t19-,20-,21+. The number of nitrogens with one attached hydrogen (secondary N) is 1. The molecular formula is C22H22N4O. The molecule has 1 aromatic heterocycles. The number of aromatic nitrogens is 1. The summed E-state index contributed by atoms with van der Waals surface area (Å²) in [4.78, 5) is 18.3. The van der Waals surface area contributed by atoms with E-state index in [-0.39, 0.29) is 5.91 Å². The van der Waals surface area contributed by atoms with Crippen LogP contribution in [0.25, 0.3) is 6.08 Å². The van der Waals surface area contributed by atoms with Gasteiger partial charge in [0.25, 0.3) is 0 Å². The SMILES string of the molecule is N#Cc1cccc(N2C[C@@H]3[C@@H](CCNC(=O)/C=C/c4cccnc4)[C@@H]3C2)c1. The minimum absolute atomic E-state index is 0.0559. The Labute approximate surface area is 159 Å². The number of rotatable bonds is 6. The van der Waals surface area contributed by atoms with E-state index in [2.05, 4.69) is 27.3 Å². The second kappa shape index (κ2) is 7.63. The van der Waals surface area contributed by atoms with Crippen LogP contribution in [-0.2, 0) is 4.79 Å². The van der Waals surface area contributed by atoms with E-state index >= 15 is 0 Å². The average Bonchev–Trinajstić information content (AvgIpc) is 3.15. The zero-order valence-electron chi connectivity index (χ0n) is 15.1. The Morgan fingerprint density at radius 1 is 1.30 bits per heavy atom. The minimum atomic E-state index is -0.0559. The maximum Gasteiger partial charge on any atom is 0.244 e. The monoisotopic (exact) mass is 358 g/mol. The van der Waals surface area contributed by atoms with Gasteiger partial charge in [-0.1, -0.05) is 12.1 Å². The van der Waals surface area contributed by atoms with E-state index in [4.69, 9.17) is 5.26 Å². The maximum absolute atomic E-state index is 11.9. The minimum Gasteiger partial charge on any atom is -0.371 e. The smallest absolute Gasteiger partial charge is 0.244 e. The molecule has 1 amide bonds. The predicted molar refractivity (Wildman–Crippen MR) is 105 cm³/mol. The van der Waals surface area contributed by atoms with Crippen LogP contribution in [0.5, 0.6) is 0 Å². The Balaban J connectivity index is 1.19. The van der Waals surface area contributed by atoms with Gasteiger partial charge in [0.15, 0.2) is 0 Å². The Kier molecular flexibility index (Phi) is 4.88. The highest BCUT2D eigenvalue weighted by molar-refractivity contribution is 5.91. The number of nitriles is 1. The third-order valence-electron chi connectivity index (χ3n) is 5.60. The lowest BCUT2D eigenvalue weighted by Gasteiger charge is -2.22. The normalized spacial score (nSPS) is 23.1. The maximum atomic E-state index is 11.9. The van der Waals surface area contributed by atoms with Crippen LogP contribution in [-0.4, -0.2) is 30.5 Å². The molecule has 1 aliphatic carbocycles. The molecule has 1 saturated carbocycles. The van der Waals surface area contributed by atoms with Gasteiger partial charge in [-0.15, -0.1) is 0 Å². The summed E-state index contributed by atoms with van der Waals surface area (Å²) in [7, 11) is 0. The van der Waals surface area contributed by atoms with Crippen LogP contribution >= 0.6 is 0 Å². The summed E-state index contributed by atoms with van der Waals surface area (Å²) in [5.74, 6) is 2.10. The fourth-order valence-electron chi connectivity index (χ4n) is 4.13. The molecule has 2 heterocycles. The first-order valence-corrected chi connectivity index (χ1v) is 9.35. The van der Waals surface area contributed by atoms with Crippen molar-refractivity contribution in [1.29, 1.82) is 5.26 Å². The van der Waals surface area contributed by atoms with Gasteiger partial charge in [-0.25, -0.2) is 0 Å². The first kappa shape index (κ1) is 17.3. The van der Waals surface area contributed by atoms with Crippen molar-refractivity contribution >= 4 is 17.7 Å². The Morgan fingerprint density at radius 3 is 2.89 bits per heavy atom. The van der Waals surface area contributed by atoms with Gasteiger partial charge in [0.2, 0.25) is 5.91 Å². The molecule has 136 valence electrons. The molecule has 1 aliphatic heterocycles. The number of hydrogen-bond acceptors (Lipinski definition) is 4. The molecule has 2 aromatic rings. The summed E-state index contributed by atoms with van der Waals surface area (Å²) >= 11 is 0. The Morgan fingerprint density at radius 2 is 2.15 bits per heavy atom. The average molecular weight is 358 g/mol. The van der Waals surface area contributed by atoms with E-state index in [1.807, 2.05) is 30.3 Å². The molecule has 0 radical (unpaired) electrons. The van der Waals surface area contributed by atoms with Gasteiger partial charge in [0.05, 0.1) is 11.6 Å². The number of carbonyl (C=O) groups excluding carboxylic acids is 1. The summed E-state index contributed by atoms with van der Waals surface area (Å²) in [6.45, 7) is 2.83. The van der Waals surface area contributed by atoms with Crippen LogP contribution in [0.3, 0.4) is 0 Å². The van der Waals surface area contributed by atoms with Gasteiger partial charge in [0, 0.05) is 43.8 Å². The van der Waals surface area contributed by atoms with Crippen molar-refractivity contribution in [2.45, 2.75) is 6.42 Å². The number of benzene rings is 1. The van der Waals surface area contributed by atoms with Crippen molar-refractivity contribution in [2.24, 2.45) is 17.8 Å². The summed E-state index contributed by atoms with van der Waals surface area (Å²) in [5, 5.41) is 12.0. The van der Waals surface area contributed by atoms with Gasteiger partial charge in [0.1, 0.15) is 0 Å². The van der Waals surface area contributed by atoms with Crippen molar-refractivity contribution in [1.82, 2.24) is 10.3 Å². The van der Waals surface area contributed by atoms with Crippen LogP contribution in [0.15, 0.2) is 54.9 Å². The quantitative estimate of drug-likeness (QED) is 0.806. The molecule has 0 unspecified atom stereocenters. The van der Waals surface area contributed by atoms with E-state index < -0.39 is 0 Å². The number of fused-ring (bicyclic) bond motifs is 1. The molecule has 1 N–H and O–H groups in total. The number of piperidine rings is 1. The van der Waals surface area contributed by atoms with E-state index in [1.165, 1.54) is 0 Å². The number of anilines is 1. The molecular weight excluding hydrogens is 336 g/mol. The number of nitrogens with zero attached hydrogens (tertiary/aromatic N) is 3. The van der Waals surface area contributed by atoms with Crippen LogP contribution in [0.4, 0.5) is 5.69 Å². The van der Waals surface area contributed by atoms with Crippen molar-refractivity contribution in [3.63, 3.8) is 0 Å².